The highest BCUT2D eigenvalue weighted by molar-refractivity contribution is 7.18. The topological polar surface area (TPSA) is 141 Å². The number of hydrogen-bond donors (Lipinski definition) is 1. The smallest absolute Gasteiger partial charge is 0.250 e. The second-order valence-corrected chi connectivity index (χ2v) is 16.7. The minimum Gasteiger partial charge on any atom is -0.490 e. The van der Waals surface area contributed by atoms with Crippen LogP contribution in [0.5, 0.6) is 11.5 Å². The fourth-order valence-electron chi connectivity index (χ4n) is 7.93. The molecule has 16 heteroatoms. The molecule has 14 nitrogen and oxygen atoms in total. The van der Waals surface area contributed by atoms with Gasteiger partial charge in [-0.05, 0) is 54.6 Å². The fourth-order valence-corrected chi connectivity index (χ4v) is 9.76. The van der Waals surface area contributed by atoms with Gasteiger partial charge in [-0.15, -0.1) is 22.7 Å². The summed E-state index contributed by atoms with van der Waals surface area (Å²) < 4.78 is 25.1. The molecule has 2 aromatic carbocycles. The SMILES string of the molecule is C=CC(=O)N1CCOc2ccc(-c3csc4c(=O)cc(N5CCN(C)CC5)oc34)cc21.C=CC(=O)N1CCOc2ccc(-c3csc4c(=O)cc(N5CCNCC5)oc34)cc21. The standard InChI is InChI=1S/C23H23N3O4S.C22H21N3O4S/c1-3-20(28)26-10-11-29-19-5-4-15(12-17(19)26)16-14-31-23-18(27)13-21(30-22(16)23)25-8-6-24(2)7-9-25;1-2-19(27)25-9-10-28-18-4-3-14(11-16(18)25)15-13-30-22-17(26)12-20(29-21(15)22)24-7-5-23-6-8-24/h3-5,12-14H,1,6-11H2,2H3;2-4,11-13,23H,1,5-10H2. The summed E-state index contributed by atoms with van der Waals surface area (Å²) in [5, 5.41) is 7.18. The Bertz CT molecular complexity index is 2800. The van der Waals surface area contributed by atoms with Crippen LogP contribution >= 0.6 is 22.7 Å². The van der Waals surface area contributed by atoms with Crippen molar-refractivity contribution in [3.8, 4) is 33.8 Å². The van der Waals surface area contributed by atoms with Crippen molar-refractivity contribution in [1.29, 1.82) is 0 Å². The maximum Gasteiger partial charge on any atom is 0.250 e. The fraction of sp³-hybridized carbons (Fsp3) is 0.289. The van der Waals surface area contributed by atoms with E-state index in [1.54, 1.807) is 21.9 Å². The Morgan fingerprint density at radius 1 is 0.639 bits per heavy atom. The number of rotatable bonds is 6. The van der Waals surface area contributed by atoms with Crippen LogP contribution in [-0.4, -0.2) is 102 Å². The molecule has 2 amide bonds. The van der Waals surface area contributed by atoms with Gasteiger partial charge in [0.05, 0.1) is 24.5 Å². The lowest BCUT2D eigenvalue weighted by molar-refractivity contribution is -0.115. The summed E-state index contributed by atoms with van der Waals surface area (Å²) >= 11 is 2.75. The summed E-state index contributed by atoms with van der Waals surface area (Å²) in [5.74, 6) is 2.18. The van der Waals surface area contributed by atoms with Crippen molar-refractivity contribution >= 4 is 78.2 Å². The van der Waals surface area contributed by atoms with Crippen molar-refractivity contribution in [1.82, 2.24) is 10.2 Å². The van der Waals surface area contributed by atoms with E-state index in [1.165, 1.54) is 34.8 Å². The highest BCUT2D eigenvalue weighted by Gasteiger charge is 2.27. The molecule has 0 atom stereocenters. The number of benzene rings is 2. The number of hydrogen-bond acceptors (Lipinski definition) is 14. The Labute approximate surface area is 359 Å². The molecule has 2 saturated heterocycles. The number of carbonyl (C=O) groups excluding carboxylic acids is 2. The van der Waals surface area contributed by atoms with Crippen LogP contribution in [0.25, 0.3) is 42.8 Å². The zero-order valence-electron chi connectivity index (χ0n) is 33.6. The largest absolute Gasteiger partial charge is 0.490 e. The molecule has 314 valence electrons. The second-order valence-electron chi connectivity index (χ2n) is 15.0. The van der Waals surface area contributed by atoms with Crippen molar-refractivity contribution in [3.05, 3.63) is 105 Å². The van der Waals surface area contributed by atoms with Crippen LogP contribution in [0.1, 0.15) is 0 Å². The molecule has 0 unspecified atom stereocenters. The molecule has 0 saturated carbocycles. The average molecular weight is 861 g/mol. The van der Waals surface area contributed by atoms with Crippen molar-refractivity contribution < 1.29 is 27.9 Å². The van der Waals surface area contributed by atoms with E-state index in [-0.39, 0.29) is 22.7 Å². The first-order valence-corrected chi connectivity index (χ1v) is 21.9. The van der Waals surface area contributed by atoms with E-state index in [0.717, 1.165) is 74.6 Å². The monoisotopic (exact) mass is 860 g/mol. The van der Waals surface area contributed by atoms with E-state index in [9.17, 15) is 19.2 Å². The summed E-state index contributed by atoms with van der Waals surface area (Å²) in [6, 6.07) is 14.6. The molecule has 0 bridgehead atoms. The predicted octanol–water partition coefficient (Wildman–Crippen LogP) is 6.03. The van der Waals surface area contributed by atoms with E-state index in [2.05, 4.69) is 40.2 Å². The van der Waals surface area contributed by atoms with Gasteiger partial charge in [-0.2, -0.15) is 0 Å². The third kappa shape index (κ3) is 7.83. The van der Waals surface area contributed by atoms with Crippen molar-refractivity contribution in [2.45, 2.75) is 0 Å². The number of anilines is 4. The van der Waals surface area contributed by atoms with Gasteiger partial charge in [0, 0.05) is 86.4 Å². The average Bonchev–Trinajstić information content (AvgIpc) is 3.94. The van der Waals surface area contributed by atoms with Crippen LogP contribution < -0.4 is 45.2 Å². The second kappa shape index (κ2) is 17.0. The molecule has 2 fully saturated rings. The van der Waals surface area contributed by atoms with Gasteiger partial charge in [-0.1, -0.05) is 25.3 Å². The Balaban J connectivity index is 0.000000156. The van der Waals surface area contributed by atoms with Crippen LogP contribution in [0.2, 0.25) is 0 Å². The number of piperazine rings is 2. The normalized spacial score (nSPS) is 16.5. The minimum atomic E-state index is -0.167. The third-order valence-electron chi connectivity index (χ3n) is 11.3. The van der Waals surface area contributed by atoms with Crippen molar-refractivity contribution in [2.75, 3.05) is 105 Å². The van der Waals surface area contributed by atoms with Crippen LogP contribution in [0.3, 0.4) is 0 Å². The predicted molar refractivity (Wildman–Crippen MR) is 242 cm³/mol. The molecule has 0 aliphatic carbocycles. The van der Waals surface area contributed by atoms with E-state index in [0.29, 0.717) is 81.5 Å². The van der Waals surface area contributed by atoms with Crippen molar-refractivity contribution in [2.24, 2.45) is 0 Å². The number of amides is 2. The molecule has 10 rings (SSSR count). The minimum absolute atomic E-state index is 0.0313. The molecule has 1 N–H and O–H groups in total. The van der Waals surface area contributed by atoms with Crippen LogP contribution in [0.15, 0.2) is 103 Å². The molecule has 8 heterocycles. The number of carbonyl (C=O) groups is 2. The van der Waals surface area contributed by atoms with Gasteiger partial charge in [0.2, 0.25) is 10.9 Å². The van der Waals surface area contributed by atoms with Gasteiger partial charge in [0.25, 0.3) is 11.8 Å². The van der Waals surface area contributed by atoms with Crippen LogP contribution in [0.4, 0.5) is 23.1 Å². The lowest BCUT2D eigenvalue weighted by atomic mass is 10.1. The highest BCUT2D eigenvalue weighted by atomic mass is 32.1. The van der Waals surface area contributed by atoms with Crippen LogP contribution in [0, 0.1) is 0 Å². The number of likely N-dealkylation sites (N-methyl/N-ethyl adjacent to an activating group) is 1. The Morgan fingerprint density at radius 3 is 1.56 bits per heavy atom. The molecule has 4 aliphatic heterocycles. The third-order valence-corrected chi connectivity index (χ3v) is 13.2. The molecular formula is C45H44N6O8S2. The molecular weight excluding hydrogens is 817 g/mol. The summed E-state index contributed by atoms with van der Waals surface area (Å²) in [4.78, 5) is 59.9. The summed E-state index contributed by atoms with van der Waals surface area (Å²) in [6.07, 6.45) is 2.61. The Kier molecular flexibility index (Phi) is 11.2. The maximum atomic E-state index is 12.8. The van der Waals surface area contributed by atoms with Gasteiger partial charge >= 0.3 is 0 Å². The van der Waals surface area contributed by atoms with Crippen LogP contribution in [-0.2, 0) is 9.59 Å². The van der Waals surface area contributed by atoms with Gasteiger partial charge < -0.3 is 48.1 Å². The Morgan fingerprint density at radius 2 is 1.10 bits per heavy atom. The molecule has 6 aromatic rings. The van der Waals surface area contributed by atoms with Crippen molar-refractivity contribution in [3.63, 3.8) is 0 Å². The summed E-state index contributed by atoms with van der Waals surface area (Å²) in [7, 11) is 2.09. The quantitative estimate of drug-likeness (QED) is 0.196. The molecule has 61 heavy (non-hydrogen) atoms. The molecule has 4 aliphatic rings. The number of ether oxygens (including phenoxy) is 2. The summed E-state index contributed by atoms with van der Waals surface area (Å²) in [5.41, 5.74) is 5.92. The number of thiophene rings is 2. The maximum absolute atomic E-state index is 12.8. The number of nitrogens with one attached hydrogen (secondary N) is 1. The Hall–Kier alpha value is -6.20. The molecule has 0 radical (unpaired) electrons. The molecule has 4 aromatic heterocycles. The number of nitrogens with zero attached hydrogens (tertiary/aromatic N) is 5. The first-order chi connectivity index (χ1) is 29.7. The van der Waals surface area contributed by atoms with Gasteiger partial charge in [-0.3, -0.25) is 19.2 Å². The highest BCUT2D eigenvalue weighted by Crippen LogP contribution is 2.42. The van der Waals surface area contributed by atoms with Gasteiger partial charge in [-0.25, -0.2) is 0 Å². The van der Waals surface area contributed by atoms with E-state index in [4.69, 9.17) is 18.3 Å². The van der Waals surface area contributed by atoms with E-state index in [1.807, 2.05) is 47.2 Å². The van der Waals surface area contributed by atoms with Gasteiger partial charge in [0.1, 0.15) is 34.1 Å². The first-order valence-electron chi connectivity index (χ1n) is 20.1. The summed E-state index contributed by atoms with van der Waals surface area (Å²) in [6.45, 7) is 15.8. The zero-order chi connectivity index (χ0) is 42.2. The van der Waals surface area contributed by atoms with Gasteiger partial charge in [0.15, 0.2) is 22.9 Å². The lowest BCUT2D eigenvalue weighted by Gasteiger charge is -2.32. The molecule has 0 spiro atoms. The first kappa shape index (κ1) is 40.2. The number of fused-ring (bicyclic) bond motifs is 4. The van der Waals surface area contributed by atoms with E-state index < -0.39 is 0 Å². The lowest BCUT2D eigenvalue weighted by Crippen LogP contribution is -2.44. The van der Waals surface area contributed by atoms with E-state index >= 15 is 0 Å². The zero-order valence-corrected chi connectivity index (χ0v) is 35.3.